The summed E-state index contributed by atoms with van der Waals surface area (Å²) >= 11 is 0. The van der Waals surface area contributed by atoms with Gasteiger partial charge in [-0.25, -0.2) is 14.5 Å². The highest BCUT2D eigenvalue weighted by molar-refractivity contribution is 5.95. The van der Waals surface area contributed by atoms with E-state index in [4.69, 9.17) is 4.98 Å². The number of aromatic nitrogens is 4. The maximum absolute atomic E-state index is 11.4. The van der Waals surface area contributed by atoms with E-state index in [9.17, 15) is 9.90 Å². The summed E-state index contributed by atoms with van der Waals surface area (Å²) in [4.78, 5) is 20.7. The lowest BCUT2D eigenvalue weighted by Crippen LogP contribution is -2.06. The molecular formula is C22H26N4O2. The molecule has 0 aliphatic carbocycles. The fourth-order valence-corrected chi connectivity index (χ4v) is 3.07. The van der Waals surface area contributed by atoms with Gasteiger partial charge in [0, 0.05) is 30.6 Å². The van der Waals surface area contributed by atoms with Crippen molar-refractivity contribution in [3.8, 4) is 11.3 Å². The summed E-state index contributed by atoms with van der Waals surface area (Å²) in [5.74, 6) is 1.22. The van der Waals surface area contributed by atoms with E-state index in [-0.39, 0.29) is 5.56 Å². The minimum Gasteiger partial charge on any atom is -0.478 e. The van der Waals surface area contributed by atoms with Crippen molar-refractivity contribution in [3.63, 3.8) is 0 Å². The Labute approximate surface area is 165 Å². The molecule has 0 aliphatic heterocycles. The van der Waals surface area contributed by atoms with Crippen LogP contribution >= 0.6 is 0 Å². The van der Waals surface area contributed by atoms with Gasteiger partial charge in [-0.15, -0.1) is 0 Å². The van der Waals surface area contributed by atoms with Crippen LogP contribution in [0.5, 0.6) is 0 Å². The van der Waals surface area contributed by atoms with E-state index in [1.807, 2.05) is 22.9 Å². The van der Waals surface area contributed by atoms with E-state index in [1.54, 1.807) is 24.4 Å². The summed E-state index contributed by atoms with van der Waals surface area (Å²) in [6.07, 6.45) is 4.45. The molecule has 3 rings (SSSR count). The Balaban J connectivity index is 1.85. The van der Waals surface area contributed by atoms with Crippen LogP contribution in [0, 0.1) is 0 Å². The second-order valence-corrected chi connectivity index (χ2v) is 7.00. The van der Waals surface area contributed by atoms with E-state index in [2.05, 4.69) is 30.9 Å². The third kappa shape index (κ3) is 4.27. The molecule has 6 heteroatoms. The van der Waals surface area contributed by atoms with E-state index < -0.39 is 5.97 Å². The quantitative estimate of drug-likeness (QED) is 0.622. The topological polar surface area (TPSA) is 80.9 Å². The zero-order chi connectivity index (χ0) is 20.1. The van der Waals surface area contributed by atoms with Crippen molar-refractivity contribution in [1.82, 2.24) is 19.7 Å². The molecular weight excluding hydrogens is 352 g/mol. The summed E-state index contributed by atoms with van der Waals surface area (Å²) in [5.41, 5.74) is 2.55. The Bertz CT molecular complexity index is 947. The Morgan fingerprint density at radius 2 is 1.96 bits per heavy atom. The summed E-state index contributed by atoms with van der Waals surface area (Å²) in [6.45, 7) is 7.26. The number of carboxylic acid groups (broad SMARTS) is 1. The number of rotatable bonds is 8. The number of carboxylic acids is 1. The van der Waals surface area contributed by atoms with Crippen molar-refractivity contribution in [2.45, 2.75) is 52.5 Å². The largest absolute Gasteiger partial charge is 0.478 e. The Morgan fingerprint density at radius 3 is 2.61 bits per heavy atom. The summed E-state index contributed by atoms with van der Waals surface area (Å²) in [7, 11) is 0. The Kier molecular flexibility index (Phi) is 6.19. The average Bonchev–Trinajstić information content (AvgIpc) is 3.10. The molecule has 2 heterocycles. The van der Waals surface area contributed by atoms with E-state index in [0.29, 0.717) is 23.6 Å². The standard InChI is InChI=1S/C22H26N4O2/c1-4-12-26-20(24-21(25-26)15(3)5-2)13-16-10-11-19(23-14-16)17-8-6-7-9-18(17)22(27)28/h6-11,14-15H,4-5,12-13H2,1-3H3,(H,27,28). The first-order chi connectivity index (χ1) is 13.5. The van der Waals surface area contributed by atoms with Crippen LogP contribution in [-0.2, 0) is 13.0 Å². The van der Waals surface area contributed by atoms with Gasteiger partial charge in [-0.05, 0) is 30.5 Å². The minimum atomic E-state index is -0.952. The highest BCUT2D eigenvalue weighted by Gasteiger charge is 2.15. The lowest BCUT2D eigenvalue weighted by atomic mass is 10.0. The maximum Gasteiger partial charge on any atom is 0.336 e. The van der Waals surface area contributed by atoms with Gasteiger partial charge in [-0.2, -0.15) is 5.10 Å². The molecule has 1 N–H and O–H groups in total. The van der Waals surface area contributed by atoms with Gasteiger partial charge < -0.3 is 5.11 Å². The zero-order valence-electron chi connectivity index (χ0n) is 16.6. The number of hydrogen-bond donors (Lipinski definition) is 1. The number of pyridine rings is 1. The maximum atomic E-state index is 11.4. The van der Waals surface area contributed by atoms with Gasteiger partial charge in [0.1, 0.15) is 5.82 Å². The number of aryl methyl sites for hydroxylation is 1. The number of benzene rings is 1. The third-order valence-electron chi connectivity index (χ3n) is 4.87. The molecule has 0 saturated carbocycles. The van der Waals surface area contributed by atoms with Crippen molar-refractivity contribution < 1.29 is 9.90 Å². The number of carbonyl (C=O) groups is 1. The molecule has 1 atom stereocenters. The van der Waals surface area contributed by atoms with Crippen molar-refractivity contribution >= 4 is 5.97 Å². The van der Waals surface area contributed by atoms with Crippen LogP contribution in [0.1, 0.15) is 67.1 Å². The fourth-order valence-electron chi connectivity index (χ4n) is 3.07. The molecule has 0 fully saturated rings. The third-order valence-corrected chi connectivity index (χ3v) is 4.87. The molecule has 0 bridgehead atoms. The van der Waals surface area contributed by atoms with E-state index in [0.717, 1.165) is 36.6 Å². The van der Waals surface area contributed by atoms with Gasteiger partial charge in [-0.1, -0.05) is 45.0 Å². The first-order valence-corrected chi connectivity index (χ1v) is 9.74. The van der Waals surface area contributed by atoms with Gasteiger partial charge >= 0.3 is 5.97 Å². The van der Waals surface area contributed by atoms with Gasteiger partial charge in [-0.3, -0.25) is 4.98 Å². The second kappa shape index (κ2) is 8.78. The summed E-state index contributed by atoms with van der Waals surface area (Å²) < 4.78 is 2.00. The highest BCUT2D eigenvalue weighted by Crippen LogP contribution is 2.23. The highest BCUT2D eigenvalue weighted by atomic mass is 16.4. The average molecular weight is 378 g/mol. The first kappa shape index (κ1) is 19.7. The van der Waals surface area contributed by atoms with E-state index in [1.165, 1.54) is 0 Å². The summed E-state index contributed by atoms with van der Waals surface area (Å²) in [5, 5.41) is 14.1. The van der Waals surface area contributed by atoms with Crippen LogP contribution in [0.3, 0.4) is 0 Å². The summed E-state index contributed by atoms with van der Waals surface area (Å²) in [6, 6.07) is 10.8. The second-order valence-electron chi connectivity index (χ2n) is 7.00. The number of aromatic carboxylic acids is 1. The molecule has 0 aliphatic rings. The van der Waals surface area contributed by atoms with E-state index >= 15 is 0 Å². The normalized spacial score (nSPS) is 12.1. The molecule has 0 radical (unpaired) electrons. The molecule has 0 saturated heterocycles. The fraction of sp³-hybridized carbons (Fsp3) is 0.364. The molecule has 146 valence electrons. The molecule has 3 aromatic rings. The Morgan fingerprint density at radius 1 is 1.18 bits per heavy atom. The molecule has 28 heavy (non-hydrogen) atoms. The number of nitrogens with zero attached hydrogens (tertiary/aromatic N) is 4. The monoisotopic (exact) mass is 378 g/mol. The van der Waals surface area contributed by atoms with Crippen molar-refractivity contribution in [2.75, 3.05) is 0 Å². The molecule has 6 nitrogen and oxygen atoms in total. The van der Waals surface area contributed by atoms with Crippen LogP contribution in [0.25, 0.3) is 11.3 Å². The lowest BCUT2D eigenvalue weighted by Gasteiger charge is -2.07. The van der Waals surface area contributed by atoms with Crippen LogP contribution < -0.4 is 0 Å². The molecule has 1 aromatic carbocycles. The van der Waals surface area contributed by atoms with Crippen LogP contribution in [0.15, 0.2) is 42.6 Å². The molecule has 1 unspecified atom stereocenters. The van der Waals surface area contributed by atoms with Crippen molar-refractivity contribution in [2.24, 2.45) is 0 Å². The lowest BCUT2D eigenvalue weighted by molar-refractivity contribution is 0.0697. The van der Waals surface area contributed by atoms with Gasteiger partial charge in [0.25, 0.3) is 0 Å². The predicted octanol–water partition coefficient (Wildman–Crippen LogP) is 4.55. The SMILES string of the molecule is CCCn1nc(C(C)CC)nc1Cc1ccc(-c2ccccc2C(=O)O)nc1. The van der Waals surface area contributed by atoms with Gasteiger partial charge in [0.15, 0.2) is 5.82 Å². The first-order valence-electron chi connectivity index (χ1n) is 9.74. The smallest absolute Gasteiger partial charge is 0.336 e. The van der Waals surface area contributed by atoms with Crippen LogP contribution in [-0.4, -0.2) is 30.8 Å². The predicted molar refractivity (Wildman–Crippen MR) is 108 cm³/mol. The zero-order valence-corrected chi connectivity index (χ0v) is 16.6. The molecule has 0 amide bonds. The van der Waals surface area contributed by atoms with Crippen LogP contribution in [0.2, 0.25) is 0 Å². The van der Waals surface area contributed by atoms with Gasteiger partial charge in [0.05, 0.1) is 11.3 Å². The number of hydrogen-bond acceptors (Lipinski definition) is 4. The van der Waals surface area contributed by atoms with Crippen molar-refractivity contribution in [1.29, 1.82) is 0 Å². The Hall–Kier alpha value is -3.02. The molecule has 0 spiro atoms. The van der Waals surface area contributed by atoms with Crippen molar-refractivity contribution in [3.05, 3.63) is 65.4 Å². The molecule has 2 aromatic heterocycles. The van der Waals surface area contributed by atoms with Crippen LogP contribution in [0.4, 0.5) is 0 Å². The minimum absolute atomic E-state index is 0.253. The van der Waals surface area contributed by atoms with Gasteiger partial charge in [0.2, 0.25) is 0 Å².